The summed E-state index contributed by atoms with van der Waals surface area (Å²) in [5, 5.41) is 15.9. The molecular formula is C27H34ClN3O4. The Morgan fingerprint density at radius 2 is 1.94 bits per heavy atom. The topological polar surface area (TPSA) is 69.0 Å². The van der Waals surface area contributed by atoms with Gasteiger partial charge in [0.25, 0.3) is 0 Å². The molecule has 1 atom stereocenters. The van der Waals surface area contributed by atoms with Crippen LogP contribution in [0.3, 0.4) is 0 Å². The predicted molar refractivity (Wildman–Crippen MR) is 139 cm³/mol. The molecule has 3 aromatic rings. The maximum Gasteiger partial charge on any atom is 0.227 e. The van der Waals surface area contributed by atoms with Gasteiger partial charge in [-0.25, -0.2) is 4.68 Å². The fourth-order valence-corrected chi connectivity index (χ4v) is 3.96. The highest BCUT2D eigenvalue weighted by Crippen LogP contribution is 2.33. The number of aryl methyl sites for hydroxylation is 1. The summed E-state index contributed by atoms with van der Waals surface area (Å²) in [4.78, 5) is 2.19. The van der Waals surface area contributed by atoms with Crippen LogP contribution >= 0.6 is 11.6 Å². The zero-order chi connectivity index (χ0) is 25.2. The van der Waals surface area contributed by atoms with Crippen molar-refractivity contribution in [2.45, 2.75) is 32.9 Å². The van der Waals surface area contributed by atoms with Crippen LogP contribution in [0.25, 0.3) is 5.69 Å². The van der Waals surface area contributed by atoms with Crippen LogP contribution in [-0.2, 0) is 11.3 Å². The molecule has 3 rings (SSSR count). The van der Waals surface area contributed by atoms with Gasteiger partial charge < -0.3 is 19.3 Å². The number of rotatable bonds is 14. The number of halogens is 1. The molecule has 0 aliphatic rings. The van der Waals surface area contributed by atoms with Crippen molar-refractivity contribution >= 4 is 11.6 Å². The first kappa shape index (κ1) is 26.8. The van der Waals surface area contributed by atoms with E-state index in [0.29, 0.717) is 36.3 Å². The molecule has 7 nitrogen and oxygen atoms in total. The molecule has 0 radical (unpaired) electrons. The van der Waals surface area contributed by atoms with E-state index in [9.17, 15) is 5.11 Å². The molecule has 1 heterocycles. The maximum atomic E-state index is 10.5. The Kier molecular flexibility index (Phi) is 10.2. The number of nitrogens with zero attached hydrogens (tertiary/aromatic N) is 3. The van der Waals surface area contributed by atoms with E-state index >= 15 is 0 Å². The highest BCUT2D eigenvalue weighted by molar-refractivity contribution is 6.30. The molecule has 1 N–H and O–H groups in total. The molecule has 1 aromatic heterocycles. The van der Waals surface area contributed by atoms with Gasteiger partial charge in [-0.2, -0.15) is 5.10 Å². The maximum absolute atomic E-state index is 10.5. The molecule has 188 valence electrons. The van der Waals surface area contributed by atoms with Gasteiger partial charge in [0.15, 0.2) is 0 Å². The van der Waals surface area contributed by atoms with E-state index in [1.54, 1.807) is 17.9 Å². The first-order valence-electron chi connectivity index (χ1n) is 11.7. The van der Waals surface area contributed by atoms with Gasteiger partial charge >= 0.3 is 0 Å². The van der Waals surface area contributed by atoms with Gasteiger partial charge in [0, 0.05) is 18.1 Å². The minimum atomic E-state index is -0.615. The Bertz CT molecular complexity index is 1080. The Balaban J connectivity index is 1.94. The number of hydrogen-bond acceptors (Lipinski definition) is 6. The minimum Gasteiger partial charge on any atom is -0.497 e. The fraction of sp³-hybridized carbons (Fsp3) is 0.370. The molecule has 0 saturated heterocycles. The molecule has 0 bridgehead atoms. The van der Waals surface area contributed by atoms with Crippen LogP contribution in [0.2, 0.25) is 5.02 Å². The third kappa shape index (κ3) is 7.57. The Labute approximate surface area is 212 Å². The van der Waals surface area contributed by atoms with E-state index < -0.39 is 6.10 Å². The van der Waals surface area contributed by atoms with Gasteiger partial charge in [-0.05, 0) is 62.4 Å². The molecule has 0 aliphatic carbocycles. The third-order valence-electron chi connectivity index (χ3n) is 5.40. The molecule has 0 spiro atoms. The fourth-order valence-electron chi connectivity index (χ4n) is 3.78. The highest BCUT2D eigenvalue weighted by Gasteiger charge is 2.22. The molecule has 0 unspecified atom stereocenters. The van der Waals surface area contributed by atoms with Crippen LogP contribution in [-0.4, -0.2) is 59.3 Å². The van der Waals surface area contributed by atoms with Gasteiger partial charge in [-0.3, -0.25) is 4.90 Å². The second kappa shape index (κ2) is 13.3. The van der Waals surface area contributed by atoms with E-state index in [1.165, 1.54) is 0 Å². The van der Waals surface area contributed by atoms with Crippen molar-refractivity contribution in [3.05, 3.63) is 77.5 Å². The van der Waals surface area contributed by atoms with Crippen molar-refractivity contribution < 1.29 is 19.3 Å². The van der Waals surface area contributed by atoms with Crippen molar-refractivity contribution in [2.75, 3.05) is 33.4 Å². The van der Waals surface area contributed by atoms with Crippen LogP contribution in [0.5, 0.6) is 17.4 Å². The summed E-state index contributed by atoms with van der Waals surface area (Å²) in [7, 11) is 1.63. The molecule has 0 amide bonds. The number of methoxy groups -OCH3 is 1. The van der Waals surface area contributed by atoms with Crippen molar-refractivity contribution in [1.29, 1.82) is 0 Å². The highest BCUT2D eigenvalue weighted by atomic mass is 35.5. The Hall–Kier alpha value is -2.84. The lowest BCUT2D eigenvalue weighted by atomic mass is 10.2. The summed E-state index contributed by atoms with van der Waals surface area (Å²) in [5.74, 6) is 2.02. The molecular weight excluding hydrogens is 466 g/mol. The van der Waals surface area contributed by atoms with Crippen molar-refractivity contribution in [2.24, 2.45) is 0 Å². The summed E-state index contributed by atoms with van der Waals surface area (Å²) in [6.45, 7) is 10.2. The van der Waals surface area contributed by atoms with Crippen LogP contribution in [0.4, 0.5) is 0 Å². The van der Waals surface area contributed by atoms with E-state index in [1.807, 2.05) is 55.5 Å². The predicted octanol–water partition coefficient (Wildman–Crippen LogP) is 5.41. The van der Waals surface area contributed by atoms with Gasteiger partial charge in [0.1, 0.15) is 11.5 Å². The van der Waals surface area contributed by atoms with E-state index in [4.69, 9.17) is 30.9 Å². The normalized spacial score (nSPS) is 12.1. The zero-order valence-corrected chi connectivity index (χ0v) is 21.4. The van der Waals surface area contributed by atoms with E-state index in [2.05, 4.69) is 18.4 Å². The Morgan fingerprint density at radius 3 is 2.60 bits per heavy atom. The van der Waals surface area contributed by atoms with Crippen LogP contribution in [0.15, 0.2) is 61.2 Å². The van der Waals surface area contributed by atoms with Gasteiger partial charge in [-0.15, -0.1) is 6.58 Å². The second-order valence-corrected chi connectivity index (χ2v) is 8.69. The number of aromatic nitrogens is 2. The average Bonchev–Trinajstić information content (AvgIpc) is 3.14. The van der Waals surface area contributed by atoms with Gasteiger partial charge in [0.05, 0.1) is 43.4 Å². The SMILES string of the molecule is C=CCOC[C@H](O)CN(CCC)Cc1c(C)nn(-c2cccc(Cl)c2)c1Oc1ccc(OC)cc1. The monoisotopic (exact) mass is 499 g/mol. The van der Waals surface area contributed by atoms with Crippen LogP contribution in [0.1, 0.15) is 24.6 Å². The molecule has 35 heavy (non-hydrogen) atoms. The number of aliphatic hydroxyl groups is 1. The summed E-state index contributed by atoms with van der Waals surface area (Å²) in [6, 6.07) is 14.9. The molecule has 2 aromatic carbocycles. The first-order valence-corrected chi connectivity index (χ1v) is 12.1. The van der Waals surface area contributed by atoms with Gasteiger partial charge in [0.2, 0.25) is 5.88 Å². The summed E-state index contributed by atoms with van der Waals surface area (Å²) >= 11 is 6.27. The standard InChI is InChI=1S/C27H34ClN3O4/c1-5-14-30(17-23(32)19-34-15-6-2)18-26-20(3)29-31(22-9-7-8-21(28)16-22)27(26)35-25-12-10-24(33-4)11-13-25/h6-13,16,23,32H,2,5,14-15,17-19H2,1,3-4H3/t23-/m1/s1. The summed E-state index contributed by atoms with van der Waals surface area (Å²) < 4.78 is 18.9. The van der Waals surface area contributed by atoms with Crippen molar-refractivity contribution in [3.8, 4) is 23.1 Å². The zero-order valence-electron chi connectivity index (χ0n) is 20.6. The smallest absolute Gasteiger partial charge is 0.227 e. The molecule has 8 heteroatoms. The summed E-state index contributed by atoms with van der Waals surface area (Å²) in [6.07, 6.45) is 2.00. The number of ether oxygens (including phenoxy) is 3. The van der Waals surface area contributed by atoms with E-state index in [-0.39, 0.29) is 6.61 Å². The summed E-state index contributed by atoms with van der Waals surface area (Å²) in [5.41, 5.74) is 2.58. The quantitative estimate of drug-likeness (QED) is 0.236. The molecule has 0 fully saturated rings. The Morgan fingerprint density at radius 1 is 1.20 bits per heavy atom. The lowest BCUT2D eigenvalue weighted by molar-refractivity contribution is 0.0244. The van der Waals surface area contributed by atoms with Crippen LogP contribution in [0, 0.1) is 6.92 Å². The molecule has 0 saturated carbocycles. The second-order valence-electron chi connectivity index (χ2n) is 8.25. The lowest BCUT2D eigenvalue weighted by Gasteiger charge is -2.25. The van der Waals surface area contributed by atoms with E-state index in [0.717, 1.165) is 35.7 Å². The van der Waals surface area contributed by atoms with Crippen molar-refractivity contribution in [1.82, 2.24) is 14.7 Å². The minimum absolute atomic E-state index is 0.252. The van der Waals surface area contributed by atoms with Gasteiger partial charge in [-0.1, -0.05) is 30.7 Å². The number of hydrogen-bond donors (Lipinski definition) is 1. The molecule has 0 aliphatic heterocycles. The van der Waals surface area contributed by atoms with Crippen LogP contribution < -0.4 is 9.47 Å². The number of benzene rings is 2. The third-order valence-corrected chi connectivity index (χ3v) is 5.64. The largest absolute Gasteiger partial charge is 0.497 e. The lowest BCUT2D eigenvalue weighted by Crippen LogP contribution is -2.35. The first-order chi connectivity index (χ1) is 16.9. The number of aliphatic hydroxyl groups excluding tert-OH is 1. The van der Waals surface area contributed by atoms with Crippen molar-refractivity contribution in [3.63, 3.8) is 0 Å². The average molecular weight is 500 g/mol.